The van der Waals surface area contributed by atoms with Gasteiger partial charge in [0, 0.05) is 0 Å². The molecule has 0 atom stereocenters. The van der Waals surface area contributed by atoms with Crippen LogP contribution in [0.3, 0.4) is 0 Å². The Morgan fingerprint density at radius 1 is 0.905 bits per heavy atom. The van der Waals surface area contributed by atoms with E-state index in [1.54, 1.807) is 42.5 Å². The highest BCUT2D eigenvalue weighted by Crippen LogP contribution is 2.20. The molecule has 0 heterocycles. The third-order valence-electron chi connectivity index (χ3n) is 2.83. The van der Waals surface area contributed by atoms with E-state index in [0.717, 1.165) is 12.8 Å². The highest BCUT2D eigenvalue weighted by molar-refractivity contribution is 7.87. The molecule has 0 saturated heterocycles. The summed E-state index contributed by atoms with van der Waals surface area (Å²) < 4.78 is 34.8. The van der Waals surface area contributed by atoms with Crippen LogP contribution in [-0.4, -0.2) is 15.0 Å². The molecule has 0 aliphatic rings. The van der Waals surface area contributed by atoms with Gasteiger partial charge < -0.3 is 8.92 Å². The highest BCUT2D eigenvalue weighted by Gasteiger charge is 2.16. The minimum atomic E-state index is -3.81. The van der Waals surface area contributed by atoms with E-state index < -0.39 is 10.1 Å². The molecule has 2 aromatic rings. The molecule has 4 nitrogen and oxygen atoms in total. The fraction of sp³-hybridized carbons (Fsp3) is 0.250. The molecule has 0 aliphatic carbocycles. The normalized spacial score (nSPS) is 11.1. The topological polar surface area (TPSA) is 52.6 Å². The van der Waals surface area contributed by atoms with Gasteiger partial charge in [0.05, 0.1) is 6.61 Å². The average molecular weight is 306 g/mol. The lowest BCUT2D eigenvalue weighted by Crippen LogP contribution is -2.09. The first-order valence-electron chi connectivity index (χ1n) is 6.84. The van der Waals surface area contributed by atoms with E-state index in [9.17, 15) is 8.42 Å². The predicted molar refractivity (Wildman–Crippen MR) is 81.1 cm³/mol. The third kappa shape index (κ3) is 4.49. The minimum Gasteiger partial charge on any atom is -0.494 e. The van der Waals surface area contributed by atoms with Crippen molar-refractivity contribution < 1.29 is 17.3 Å². The fourth-order valence-corrected chi connectivity index (χ4v) is 2.62. The van der Waals surface area contributed by atoms with Gasteiger partial charge in [-0.3, -0.25) is 0 Å². The van der Waals surface area contributed by atoms with Crippen LogP contribution in [0, 0.1) is 0 Å². The Hall–Kier alpha value is -2.01. The van der Waals surface area contributed by atoms with Gasteiger partial charge >= 0.3 is 10.1 Å². The summed E-state index contributed by atoms with van der Waals surface area (Å²) in [7, 11) is -3.81. The van der Waals surface area contributed by atoms with E-state index in [1.165, 1.54) is 12.1 Å². The molecule has 5 heteroatoms. The summed E-state index contributed by atoms with van der Waals surface area (Å²) >= 11 is 0. The molecule has 0 fully saturated rings. The van der Waals surface area contributed by atoms with Crippen molar-refractivity contribution in [3.8, 4) is 11.5 Å². The lowest BCUT2D eigenvalue weighted by molar-refractivity contribution is 0.309. The van der Waals surface area contributed by atoms with E-state index in [1.807, 2.05) is 0 Å². The highest BCUT2D eigenvalue weighted by atomic mass is 32.2. The summed E-state index contributed by atoms with van der Waals surface area (Å²) in [6, 6.07) is 14.7. The zero-order chi connectivity index (χ0) is 15.1. The third-order valence-corrected chi connectivity index (χ3v) is 4.09. The number of unbranched alkanes of at least 4 members (excludes halogenated alkanes) is 1. The van der Waals surface area contributed by atoms with E-state index in [2.05, 4.69) is 6.92 Å². The SMILES string of the molecule is CCCCOc1ccc(S(=O)(=O)Oc2ccccc2)cc1. The van der Waals surface area contributed by atoms with Crippen LogP contribution in [0.15, 0.2) is 59.5 Å². The largest absolute Gasteiger partial charge is 0.494 e. The maximum Gasteiger partial charge on any atom is 0.339 e. The first-order valence-corrected chi connectivity index (χ1v) is 8.25. The second-order valence-corrected chi connectivity index (χ2v) is 6.07. The van der Waals surface area contributed by atoms with Crippen molar-refractivity contribution >= 4 is 10.1 Å². The number of ether oxygens (including phenoxy) is 1. The summed E-state index contributed by atoms with van der Waals surface area (Å²) in [6.45, 7) is 2.71. The Labute approximate surface area is 125 Å². The van der Waals surface area contributed by atoms with E-state index in [4.69, 9.17) is 8.92 Å². The van der Waals surface area contributed by atoms with Gasteiger partial charge in [-0.15, -0.1) is 0 Å². The monoisotopic (exact) mass is 306 g/mol. The van der Waals surface area contributed by atoms with Crippen molar-refractivity contribution in [2.75, 3.05) is 6.61 Å². The van der Waals surface area contributed by atoms with E-state index in [-0.39, 0.29) is 4.90 Å². The zero-order valence-corrected chi connectivity index (χ0v) is 12.7. The maximum absolute atomic E-state index is 12.1. The molecule has 0 saturated carbocycles. The van der Waals surface area contributed by atoms with Crippen LogP contribution in [0.4, 0.5) is 0 Å². The lowest BCUT2D eigenvalue weighted by Gasteiger charge is -2.08. The number of hydrogen-bond acceptors (Lipinski definition) is 4. The number of para-hydroxylation sites is 1. The smallest absolute Gasteiger partial charge is 0.339 e. The molecular weight excluding hydrogens is 288 g/mol. The van der Waals surface area contributed by atoms with Crippen LogP contribution in [0.5, 0.6) is 11.5 Å². The van der Waals surface area contributed by atoms with E-state index in [0.29, 0.717) is 18.1 Å². The summed E-state index contributed by atoms with van der Waals surface area (Å²) in [5, 5.41) is 0. The average Bonchev–Trinajstić information content (AvgIpc) is 2.49. The van der Waals surface area contributed by atoms with Crippen molar-refractivity contribution in [3.63, 3.8) is 0 Å². The van der Waals surface area contributed by atoms with Crippen molar-refractivity contribution in [2.45, 2.75) is 24.7 Å². The molecule has 0 radical (unpaired) electrons. The van der Waals surface area contributed by atoms with Crippen LogP contribution in [-0.2, 0) is 10.1 Å². The minimum absolute atomic E-state index is 0.106. The number of hydrogen-bond donors (Lipinski definition) is 0. The Balaban J connectivity index is 2.06. The lowest BCUT2D eigenvalue weighted by atomic mass is 10.3. The summed E-state index contributed by atoms with van der Waals surface area (Å²) in [4.78, 5) is 0.106. The van der Waals surface area contributed by atoms with E-state index >= 15 is 0 Å². The van der Waals surface area contributed by atoms with Crippen molar-refractivity contribution in [3.05, 3.63) is 54.6 Å². The Bertz CT molecular complexity index is 648. The second-order valence-electron chi connectivity index (χ2n) is 4.52. The van der Waals surface area contributed by atoms with Crippen LogP contribution < -0.4 is 8.92 Å². The van der Waals surface area contributed by atoms with Gasteiger partial charge in [0.1, 0.15) is 16.4 Å². The van der Waals surface area contributed by atoms with Gasteiger partial charge in [-0.1, -0.05) is 31.5 Å². The second kappa shape index (κ2) is 7.13. The van der Waals surface area contributed by atoms with Crippen LogP contribution in [0.1, 0.15) is 19.8 Å². The summed E-state index contributed by atoms with van der Waals surface area (Å²) in [5.74, 6) is 0.947. The molecule has 0 bridgehead atoms. The molecule has 0 aliphatic heterocycles. The molecule has 2 rings (SSSR count). The summed E-state index contributed by atoms with van der Waals surface area (Å²) in [6.07, 6.45) is 2.02. The van der Waals surface area contributed by atoms with Gasteiger partial charge in [0.15, 0.2) is 0 Å². The standard InChI is InChI=1S/C16H18O4S/c1-2-3-13-19-14-9-11-16(12-10-14)21(17,18)20-15-7-5-4-6-8-15/h4-12H,2-3,13H2,1H3. The van der Waals surface area contributed by atoms with Crippen molar-refractivity contribution in [1.29, 1.82) is 0 Å². The Kier molecular flexibility index (Phi) is 5.22. The summed E-state index contributed by atoms with van der Waals surface area (Å²) in [5.41, 5.74) is 0. The first kappa shape index (κ1) is 15.4. The number of benzene rings is 2. The Morgan fingerprint density at radius 3 is 2.19 bits per heavy atom. The maximum atomic E-state index is 12.1. The van der Waals surface area contributed by atoms with Crippen LogP contribution in [0.2, 0.25) is 0 Å². The van der Waals surface area contributed by atoms with Gasteiger partial charge in [-0.2, -0.15) is 8.42 Å². The molecule has 0 spiro atoms. The molecule has 0 N–H and O–H groups in total. The molecule has 0 amide bonds. The molecule has 0 aromatic heterocycles. The van der Waals surface area contributed by atoms with Gasteiger partial charge in [-0.05, 0) is 42.8 Å². The molecule has 0 unspecified atom stereocenters. The molecule has 21 heavy (non-hydrogen) atoms. The zero-order valence-electron chi connectivity index (χ0n) is 11.9. The van der Waals surface area contributed by atoms with Crippen LogP contribution >= 0.6 is 0 Å². The molecule has 112 valence electrons. The van der Waals surface area contributed by atoms with Crippen molar-refractivity contribution in [2.24, 2.45) is 0 Å². The Morgan fingerprint density at radius 2 is 1.57 bits per heavy atom. The fourth-order valence-electron chi connectivity index (χ4n) is 1.69. The van der Waals surface area contributed by atoms with Gasteiger partial charge in [0.2, 0.25) is 0 Å². The number of rotatable bonds is 7. The van der Waals surface area contributed by atoms with Gasteiger partial charge in [-0.25, -0.2) is 0 Å². The molecule has 2 aromatic carbocycles. The first-order chi connectivity index (χ1) is 10.1. The van der Waals surface area contributed by atoms with Crippen molar-refractivity contribution in [1.82, 2.24) is 0 Å². The predicted octanol–water partition coefficient (Wildman–Crippen LogP) is 3.63. The van der Waals surface area contributed by atoms with Gasteiger partial charge in [0.25, 0.3) is 0 Å². The van der Waals surface area contributed by atoms with Crippen LogP contribution in [0.25, 0.3) is 0 Å². The molecular formula is C16H18O4S. The quantitative estimate of drug-likeness (QED) is 0.579.